The second kappa shape index (κ2) is 14.1. The monoisotopic (exact) mass is 687 g/mol. The minimum absolute atomic E-state index is 1.02. The van der Waals surface area contributed by atoms with E-state index < -0.39 is 0 Å². The van der Waals surface area contributed by atoms with Crippen LogP contribution in [-0.2, 0) is 0 Å². The zero-order valence-electron chi connectivity index (χ0n) is 28.7. The number of hydrogen-bond acceptors (Lipinski definition) is 4. The molecule has 1 aromatic heterocycles. The molecule has 1 aliphatic carbocycles. The van der Waals surface area contributed by atoms with Crippen molar-refractivity contribution in [2.24, 2.45) is 0 Å². The average Bonchev–Trinajstić information content (AvgIpc) is 3.58. The molecule has 8 aromatic rings. The molecule has 0 radical (unpaired) electrons. The van der Waals surface area contributed by atoms with E-state index in [-0.39, 0.29) is 0 Å². The van der Waals surface area contributed by atoms with E-state index >= 15 is 0 Å². The maximum Gasteiger partial charge on any atom is 0.0482 e. The summed E-state index contributed by atoms with van der Waals surface area (Å²) in [5.74, 6) is 0. The van der Waals surface area contributed by atoms with Gasteiger partial charge in [-0.3, -0.25) is 0 Å². The standard InChI is InChI=1S/C48H37N3S/c1-5-17-36(18-6-1)49(37-19-7-2-8-20-37)40-25-15-26-41(33-40)50(38-21-9-3-10-22-38)42-27-16-28-43(34-42)51(39-23-11-4-12-24-39)44-31-32-48-46(35-44)45-29-13-14-30-47(45)52-48/h1-3,5-11,13-35H,4,12H2. The minimum atomic E-state index is 1.02. The van der Waals surface area contributed by atoms with Crippen LogP contribution in [0.15, 0.2) is 206 Å². The number of hydrogen-bond donors (Lipinski definition) is 0. The molecule has 0 aliphatic heterocycles. The van der Waals surface area contributed by atoms with E-state index in [1.54, 1.807) is 0 Å². The second-order valence-electron chi connectivity index (χ2n) is 12.9. The Bertz CT molecular complexity index is 2500. The first-order chi connectivity index (χ1) is 25.8. The second-order valence-corrected chi connectivity index (χ2v) is 14.0. The van der Waals surface area contributed by atoms with Crippen molar-refractivity contribution < 1.29 is 0 Å². The lowest BCUT2D eigenvalue weighted by Gasteiger charge is -2.31. The van der Waals surface area contributed by atoms with Crippen LogP contribution in [0.2, 0.25) is 0 Å². The van der Waals surface area contributed by atoms with Gasteiger partial charge in [0.2, 0.25) is 0 Å². The topological polar surface area (TPSA) is 9.72 Å². The van der Waals surface area contributed by atoms with E-state index in [2.05, 4.69) is 215 Å². The van der Waals surface area contributed by atoms with E-state index in [9.17, 15) is 0 Å². The van der Waals surface area contributed by atoms with Crippen molar-refractivity contribution in [1.82, 2.24) is 0 Å². The third-order valence-corrected chi connectivity index (χ3v) is 10.7. The van der Waals surface area contributed by atoms with Crippen LogP contribution in [0.25, 0.3) is 20.2 Å². The summed E-state index contributed by atoms with van der Waals surface area (Å²) >= 11 is 1.86. The first-order valence-electron chi connectivity index (χ1n) is 17.8. The minimum Gasteiger partial charge on any atom is -0.311 e. The quantitative estimate of drug-likeness (QED) is 0.150. The lowest BCUT2D eigenvalue weighted by molar-refractivity contribution is 0.997. The Morgan fingerprint density at radius 2 is 0.808 bits per heavy atom. The molecule has 9 rings (SSSR count). The van der Waals surface area contributed by atoms with Gasteiger partial charge in [0.25, 0.3) is 0 Å². The summed E-state index contributed by atoms with van der Waals surface area (Å²) in [6.07, 6.45) is 9.01. The first kappa shape index (κ1) is 31.6. The van der Waals surface area contributed by atoms with Crippen LogP contribution in [0.4, 0.5) is 45.5 Å². The number of allylic oxidation sites excluding steroid dienone is 3. The molecule has 1 aliphatic rings. The van der Waals surface area contributed by atoms with Gasteiger partial charge < -0.3 is 14.7 Å². The van der Waals surface area contributed by atoms with Crippen molar-refractivity contribution in [3.8, 4) is 0 Å². The van der Waals surface area contributed by atoms with Crippen LogP contribution in [0.5, 0.6) is 0 Å². The molecule has 4 heteroatoms. The van der Waals surface area contributed by atoms with Gasteiger partial charge in [-0.1, -0.05) is 97.1 Å². The largest absolute Gasteiger partial charge is 0.311 e. The van der Waals surface area contributed by atoms with Crippen LogP contribution in [-0.4, -0.2) is 0 Å². The molecular weight excluding hydrogens is 651 g/mol. The molecule has 52 heavy (non-hydrogen) atoms. The summed E-state index contributed by atoms with van der Waals surface area (Å²) < 4.78 is 2.63. The summed E-state index contributed by atoms with van der Waals surface area (Å²) in [4.78, 5) is 7.09. The molecule has 0 saturated carbocycles. The van der Waals surface area contributed by atoms with Crippen molar-refractivity contribution in [1.29, 1.82) is 0 Å². The fourth-order valence-corrected chi connectivity index (χ4v) is 8.32. The summed E-state index contributed by atoms with van der Waals surface area (Å²) in [5, 5.41) is 2.60. The van der Waals surface area contributed by atoms with Crippen molar-refractivity contribution in [2.75, 3.05) is 14.7 Å². The van der Waals surface area contributed by atoms with Gasteiger partial charge in [0, 0.05) is 71.4 Å². The Labute approximate surface area is 309 Å². The normalized spacial score (nSPS) is 12.5. The van der Waals surface area contributed by atoms with Crippen molar-refractivity contribution >= 4 is 77.0 Å². The SMILES string of the molecule is C1=CC(N(c2cccc(N(c3ccccc3)c3cccc(N(c4ccccc4)c4ccccc4)c3)c2)c2ccc3sc4ccccc4c3c2)=CCC1. The summed E-state index contributed by atoms with van der Waals surface area (Å²) in [6, 6.07) is 65.3. The van der Waals surface area contributed by atoms with Gasteiger partial charge in [-0.2, -0.15) is 0 Å². The zero-order chi connectivity index (χ0) is 34.7. The third-order valence-electron chi connectivity index (χ3n) is 9.59. The molecule has 3 nitrogen and oxygen atoms in total. The molecule has 0 amide bonds. The number of rotatable bonds is 9. The fraction of sp³-hybridized carbons (Fsp3) is 0.0417. The molecule has 0 bridgehead atoms. The van der Waals surface area contributed by atoms with E-state index in [1.807, 2.05) is 11.3 Å². The number of fused-ring (bicyclic) bond motifs is 3. The molecular formula is C48H37N3S. The molecule has 0 spiro atoms. The van der Waals surface area contributed by atoms with Crippen LogP contribution < -0.4 is 14.7 Å². The Balaban J connectivity index is 1.18. The third kappa shape index (κ3) is 6.14. The highest BCUT2D eigenvalue weighted by atomic mass is 32.1. The predicted octanol–water partition coefficient (Wildman–Crippen LogP) is 14.4. The summed E-state index contributed by atoms with van der Waals surface area (Å²) in [7, 11) is 0. The van der Waals surface area contributed by atoms with E-state index in [0.717, 1.165) is 58.3 Å². The summed E-state index contributed by atoms with van der Waals surface area (Å²) in [5.41, 5.74) is 10.0. The Hall–Kier alpha value is -6.36. The molecule has 1 heterocycles. The van der Waals surface area contributed by atoms with Gasteiger partial charge in [0.05, 0.1) is 0 Å². The molecule has 7 aromatic carbocycles. The number of benzene rings is 7. The first-order valence-corrected chi connectivity index (χ1v) is 18.7. The van der Waals surface area contributed by atoms with Crippen LogP contribution in [0.3, 0.4) is 0 Å². The average molecular weight is 688 g/mol. The van der Waals surface area contributed by atoms with Crippen LogP contribution in [0.1, 0.15) is 12.8 Å². The molecule has 0 unspecified atom stereocenters. The van der Waals surface area contributed by atoms with Gasteiger partial charge in [0.15, 0.2) is 0 Å². The van der Waals surface area contributed by atoms with Gasteiger partial charge in [-0.25, -0.2) is 0 Å². The number of thiophene rings is 1. The molecule has 0 saturated heterocycles. The highest BCUT2D eigenvalue weighted by Gasteiger charge is 2.20. The Kier molecular flexibility index (Phi) is 8.57. The lowest BCUT2D eigenvalue weighted by Crippen LogP contribution is -2.17. The van der Waals surface area contributed by atoms with Gasteiger partial charge in [-0.15, -0.1) is 11.3 Å². The molecule has 0 N–H and O–H groups in total. The number of nitrogens with zero attached hydrogens (tertiary/aromatic N) is 3. The van der Waals surface area contributed by atoms with Gasteiger partial charge in [-0.05, 0) is 116 Å². The number of para-hydroxylation sites is 3. The van der Waals surface area contributed by atoms with E-state index in [4.69, 9.17) is 0 Å². The van der Waals surface area contributed by atoms with Crippen LogP contribution in [0, 0.1) is 0 Å². The van der Waals surface area contributed by atoms with Crippen LogP contribution >= 0.6 is 11.3 Å². The van der Waals surface area contributed by atoms with Crippen molar-refractivity contribution in [3.63, 3.8) is 0 Å². The molecule has 250 valence electrons. The molecule has 0 fully saturated rings. The van der Waals surface area contributed by atoms with Crippen molar-refractivity contribution in [2.45, 2.75) is 12.8 Å². The Morgan fingerprint density at radius 1 is 0.346 bits per heavy atom. The smallest absolute Gasteiger partial charge is 0.0482 e. The maximum absolute atomic E-state index is 2.41. The van der Waals surface area contributed by atoms with Gasteiger partial charge >= 0.3 is 0 Å². The number of anilines is 8. The maximum atomic E-state index is 2.41. The zero-order valence-corrected chi connectivity index (χ0v) is 29.5. The molecule has 0 atom stereocenters. The Morgan fingerprint density at radius 3 is 1.37 bits per heavy atom. The summed E-state index contributed by atoms with van der Waals surface area (Å²) in [6.45, 7) is 0. The predicted molar refractivity (Wildman–Crippen MR) is 224 cm³/mol. The van der Waals surface area contributed by atoms with Crippen molar-refractivity contribution in [3.05, 3.63) is 206 Å². The lowest BCUT2D eigenvalue weighted by atomic mass is 10.1. The van der Waals surface area contributed by atoms with E-state index in [1.165, 1.54) is 25.9 Å². The van der Waals surface area contributed by atoms with Gasteiger partial charge in [0.1, 0.15) is 0 Å². The van der Waals surface area contributed by atoms with E-state index in [0.29, 0.717) is 0 Å². The highest BCUT2D eigenvalue weighted by molar-refractivity contribution is 7.25. The fourth-order valence-electron chi connectivity index (χ4n) is 7.23. The highest BCUT2D eigenvalue weighted by Crippen LogP contribution is 2.43.